The molecule has 1 unspecified atom stereocenters. The highest BCUT2D eigenvalue weighted by Crippen LogP contribution is 2.41. The summed E-state index contributed by atoms with van der Waals surface area (Å²) in [7, 11) is 1.77. The number of carbonyl (C=O) groups excluding carboxylic acids is 2. The van der Waals surface area contributed by atoms with E-state index in [2.05, 4.69) is 11.1 Å². The highest BCUT2D eigenvalue weighted by atomic mass is 16.5. The molecule has 0 bridgehead atoms. The molecular formula is C22H28N4O3. The Morgan fingerprint density at radius 3 is 2.86 bits per heavy atom. The topological polar surface area (TPSA) is 86.5 Å². The van der Waals surface area contributed by atoms with Crippen LogP contribution < -0.4 is 0 Å². The lowest BCUT2D eigenvalue weighted by molar-refractivity contribution is -0.147. The van der Waals surface area contributed by atoms with Crippen LogP contribution in [0.15, 0.2) is 24.4 Å². The number of aromatic nitrogens is 1. The molecule has 3 fully saturated rings. The maximum atomic E-state index is 13.0. The molecule has 7 heteroatoms. The van der Waals surface area contributed by atoms with Crippen LogP contribution >= 0.6 is 0 Å². The molecule has 154 valence electrons. The molecular weight excluding hydrogens is 368 g/mol. The van der Waals surface area contributed by atoms with E-state index in [1.54, 1.807) is 23.0 Å². The summed E-state index contributed by atoms with van der Waals surface area (Å²) in [6, 6.07) is 7.96. The number of ether oxygens (including phenoxy) is 1. The molecule has 1 aromatic heterocycles. The molecule has 2 aliphatic heterocycles. The lowest BCUT2D eigenvalue weighted by atomic mass is 9.84. The summed E-state index contributed by atoms with van der Waals surface area (Å²) in [6.45, 7) is 1.59. The number of carbonyl (C=O) groups is 2. The van der Waals surface area contributed by atoms with Crippen molar-refractivity contribution in [3.05, 3.63) is 30.1 Å². The van der Waals surface area contributed by atoms with Gasteiger partial charge in [0.1, 0.15) is 11.5 Å². The molecule has 3 aliphatic rings. The number of pyridine rings is 1. The van der Waals surface area contributed by atoms with Crippen molar-refractivity contribution in [1.82, 2.24) is 14.8 Å². The minimum absolute atomic E-state index is 0.0350. The van der Waals surface area contributed by atoms with Gasteiger partial charge in [-0.05, 0) is 43.7 Å². The number of likely N-dealkylation sites (tertiary alicyclic amines) is 1. The van der Waals surface area contributed by atoms with Crippen LogP contribution in [0.1, 0.15) is 44.2 Å². The van der Waals surface area contributed by atoms with Crippen molar-refractivity contribution in [3.8, 4) is 6.07 Å². The first-order valence-electron chi connectivity index (χ1n) is 10.5. The van der Waals surface area contributed by atoms with Crippen LogP contribution in [-0.4, -0.2) is 58.9 Å². The van der Waals surface area contributed by atoms with Crippen molar-refractivity contribution < 1.29 is 14.3 Å². The van der Waals surface area contributed by atoms with E-state index in [9.17, 15) is 14.9 Å². The number of fused-ring (bicyclic) bond motifs is 1. The average molecular weight is 396 g/mol. The van der Waals surface area contributed by atoms with E-state index in [1.807, 2.05) is 18.2 Å². The van der Waals surface area contributed by atoms with Gasteiger partial charge in [0, 0.05) is 26.3 Å². The number of hydrogen-bond acceptors (Lipinski definition) is 5. The first kappa shape index (κ1) is 19.8. The Morgan fingerprint density at radius 2 is 2.17 bits per heavy atom. The molecule has 0 aromatic carbocycles. The smallest absolute Gasteiger partial charge is 0.251 e. The second-order valence-electron chi connectivity index (χ2n) is 8.62. The number of hydrogen-bond donors (Lipinski definition) is 0. The number of nitriles is 1. The summed E-state index contributed by atoms with van der Waals surface area (Å²) in [6.07, 6.45) is 5.85. The Morgan fingerprint density at radius 1 is 1.38 bits per heavy atom. The molecule has 1 aromatic rings. The van der Waals surface area contributed by atoms with Crippen molar-refractivity contribution in [2.45, 2.75) is 57.3 Å². The summed E-state index contributed by atoms with van der Waals surface area (Å²) >= 11 is 0. The molecule has 3 atom stereocenters. The van der Waals surface area contributed by atoms with Gasteiger partial charge in [0.15, 0.2) is 0 Å². The highest BCUT2D eigenvalue weighted by Gasteiger charge is 2.48. The molecule has 2 saturated heterocycles. The van der Waals surface area contributed by atoms with Crippen molar-refractivity contribution in [2.75, 3.05) is 20.1 Å². The zero-order chi connectivity index (χ0) is 20.4. The van der Waals surface area contributed by atoms with Crippen LogP contribution in [-0.2, 0) is 20.9 Å². The third kappa shape index (κ3) is 3.86. The van der Waals surface area contributed by atoms with Gasteiger partial charge in [0.05, 0.1) is 24.4 Å². The van der Waals surface area contributed by atoms with E-state index in [0.717, 1.165) is 25.0 Å². The number of amides is 2. The van der Waals surface area contributed by atoms with Gasteiger partial charge in [-0.15, -0.1) is 0 Å². The molecule has 1 saturated carbocycles. The fraction of sp³-hybridized carbons (Fsp3) is 0.636. The van der Waals surface area contributed by atoms with Gasteiger partial charge < -0.3 is 14.5 Å². The van der Waals surface area contributed by atoms with Gasteiger partial charge in [-0.2, -0.15) is 5.26 Å². The third-order valence-corrected chi connectivity index (χ3v) is 6.70. The molecule has 1 aliphatic carbocycles. The minimum Gasteiger partial charge on any atom is -0.363 e. The maximum Gasteiger partial charge on any atom is 0.251 e. The molecule has 0 radical (unpaired) electrons. The fourth-order valence-electron chi connectivity index (χ4n) is 4.99. The molecule has 3 heterocycles. The van der Waals surface area contributed by atoms with Crippen LogP contribution in [0, 0.1) is 22.7 Å². The molecule has 2 amide bonds. The molecule has 29 heavy (non-hydrogen) atoms. The van der Waals surface area contributed by atoms with Gasteiger partial charge in [-0.3, -0.25) is 14.6 Å². The van der Waals surface area contributed by atoms with Crippen LogP contribution in [0.25, 0.3) is 0 Å². The lowest BCUT2D eigenvalue weighted by Gasteiger charge is -2.37. The largest absolute Gasteiger partial charge is 0.363 e. The molecule has 7 nitrogen and oxygen atoms in total. The molecule has 0 spiro atoms. The first-order valence-corrected chi connectivity index (χ1v) is 10.5. The Bertz CT molecular complexity index is 800. The van der Waals surface area contributed by atoms with Crippen LogP contribution in [0.2, 0.25) is 0 Å². The Balaban J connectivity index is 1.36. The Hall–Kier alpha value is -2.46. The van der Waals surface area contributed by atoms with Crippen molar-refractivity contribution in [3.63, 3.8) is 0 Å². The summed E-state index contributed by atoms with van der Waals surface area (Å²) in [5, 5.41) is 9.62. The monoisotopic (exact) mass is 396 g/mol. The van der Waals surface area contributed by atoms with E-state index in [1.165, 1.54) is 0 Å². The Labute approximate surface area is 171 Å². The fourth-order valence-corrected chi connectivity index (χ4v) is 4.99. The van der Waals surface area contributed by atoms with Crippen molar-refractivity contribution >= 4 is 11.8 Å². The first-order chi connectivity index (χ1) is 14.0. The lowest BCUT2D eigenvalue weighted by Crippen LogP contribution is -2.50. The second kappa shape index (κ2) is 8.11. The number of piperidine rings is 1. The van der Waals surface area contributed by atoms with Crippen molar-refractivity contribution in [1.29, 1.82) is 5.26 Å². The zero-order valence-electron chi connectivity index (χ0n) is 16.9. The SMILES string of the molecule is CN(Cc1ccccn1)C(=O)C1C[C@@H]2CCN(C(=O)C3(C#N)CCCC3)C[C@@H]2O1. The third-order valence-electron chi connectivity index (χ3n) is 6.70. The number of likely N-dealkylation sites (N-methyl/N-ethyl adjacent to an activating group) is 1. The van der Waals surface area contributed by atoms with Crippen LogP contribution in [0.3, 0.4) is 0 Å². The predicted molar refractivity (Wildman–Crippen MR) is 105 cm³/mol. The maximum absolute atomic E-state index is 13.0. The van der Waals surface area contributed by atoms with Gasteiger partial charge in [-0.1, -0.05) is 18.9 Å². The van der Waals surface area contributed by atoms with Gasteiger partial charge in [-0.25, -0.2) is 0 Å². The predicted octanol–water partition coefficient (Wildman–Crippen LogP) is 2.13. The van der Waals surface area contributed by atoms with Crippen LogP contribution in [0.4, 0.5) is 0 Å². The van der Waals surface area contributed by atoms with Crippen molar-refractivity contribution in [2.24, 2.45) is 11.3 Å². The Kier molecular flexibility index (Phi) is 5.55. The molecule has 0 N–H and O–H groups in total. The highest BCUT2D eigenvalue weighted by molar-refractivity contribution is 5.86. The van der Waals surface area contributed by atoms with Gasteiger partial charge in [0.2, 0.25) is 5.91 Å². The minimum atomic E-state index is -0.844. The van der Waals surface area contributed by atoms with E-state index < -0.39 is 11.5 Å². The zero-order valence-corrected chi connectivity index (χ0v) is 16.9. The van der Waals surface area contributed by atoms with Crippen LogP contribution in [0.5, 0.6) is 0 Å². The average Bonchev–Trinajstić information content (AvgIpc) is 3.40. The number of rotatable bonds is 4. The van der Waals surface area contributed by atoms with E-state index in [0.29, 0.717) is 38.9 Å². The number of nitrogens with zero attached hydrogens (tertiary/aromatic N) is 4. The summed E-state index contributed by atoms with van der Waals surface area (Å²) < 4.78 is 6.11. The van der Waals surface area contributed by atoms with E-state index in [-0.39, 0.29) is 23.8 Å². The summed E-state index contributed by atoms with van der Waals surface area (Å²) in [5.74, 6) is 0.215. The molecule has 4 rings (SSSR count). The van der Waals surface area contributed by atoms with E-state index in [4.69, 9.17) is 4.74 Å². The van der Waals surface area contributed by atoms with Gasteiger partial charge >= 0.3 is 0 Å². The second-order valence-corrected chi connectivity index (χ2v) is 8.62. The standard InChI is InChI=1S/C22H28N4O3/c1-25(13-17-6-2-5-10-24-17)20(27)18-12-16-7-11-26(14-19(16)29-18)21(28)22(15-23)8-3-4-9-22/h2,5-6,10,16,18-19H,3-4,7-9,11-14H2,1H3/t16-,18?,19-/m0/s1. The normalized spacial score (nSPS) is 27.9. The van der Waals surface area contributed by atoms with Gasteiger partial charge in [0.25, 0.3) is 5.91 Å². The quantitative estimate of drug-likeness (QED) is 0.778. The summed E-state index contributed by atoms with van der Waals surface area (Å²) in [5.41, 5.74) is -0.00211. The summed E-state index contributed by atoms with van der Waals surface area (Å²) in [4.78, 5) is 33.6. The van der Waals surface area contributed by atoms with E-state index >= 15 is 0 Å².